The summed E-state index contributed by atoms with van der Waals surface area (Å²) in [7, 11) is 0. The standard InChI is InChI=1S/C13H4Cl2F2N/c14-8-1-2-10(15)9(5-8)13-11(16)3-7(6-18)4-12(13)17/h2-5H. The Morgan fingerprint density at radius 1 is 1.11 bits per heavy atom. The summed E-state index contributed by atoms with van der Waals surface area (Å²) in [6.07, 6.45) is 0. The number of hydrogen-bond donors (Lipinski definition) is 0. The Morgan fingerprint density at radius 3 is 2.28 bits per heavy atom. The Kier molecular flexibility index (Phi) is 3.51. The monoisotopic (exact) mass is 282 g/mol. The van der Waals surface area contributed by atoms with Crippen molar-refractivity contribution in [3.8, 4) is 17.2 Å². The zero-order chi connectivity index (χ0) is 13.3. The van der Waals surface area contributed by atoms with Crippen LogP contribution >= 0.6 is 23.2 Å². The number of nitriles is 1. The van der Waals surface area contributed by atoms with Gasteiger partial charge < -0.3 is 0 Å². The van der Waals surface area contributed by atoms with E-state index in [9.17, 15) is 8.78 Å². The Labute approximate surface area is 112 Å². The SMILES string of the molecule is N#Cc1cc(F)c(-c2cc(Cl)[c]cc2Cl)c(F)c1. The van der Waals surface area contributed by atoms with Crippen molar-refractivity contribution in [3.05, 3.63) is 57.6 Å². The molecule has 89 valence electrons. The van der Waals surface area contributed by atoms with Gasteiger partial charge in [0.1, 0.15) is 11.6 Å². The number of benzene rings is 2. The lowest BCUT2D eigenvalue weighted by Gasteiger charge is -2.08. The van der Waals surface area contributed by atoms with Crippen molar-refractivity contribution in [1.82, 2.24) is 0 Å². The molecule has 2 aromatic rings. The summed E-state index contributed by atoms with van der Waals surface area (Å²) >= 11 is 11.6. The zero-order valence-electron chi connectivity index (χ0n) is 8.77. The van der Waals surface area contributed by atoms with E-state index in [0.29, 0.717) is 0 Å². The van der Waals surface area contributed by atoms with Crippen LogP contribution in [0, 0.1) is 29.0 Å². The normalized spacial score (nSPS) is 10.2. The van der Waals surface area contributed by atoms with Crippen LogP contribution in [-0.2, 0) is 0 Å². The minimum atomic E-state index is -0.865. The second kappa shape index (κ2) is 4.93. The molecule has 0 bridgehead atoms. The quantitative estimate of drug-likeness (QED) is 0.749. The fourth-order valence-corrected chi connectivity index (χ4v) is 1.90. The van der Waals surface area contributed by atoms with Crippen LogP contribution in [0.5, 0.6) is 0 Å². The van der Waals surface area contributed by atoms with Crippen molar-refractivity contribution in [2.24, 2.45) is 0 Å². The second-order valence-corrected chi connectivity index (χ2v) is 4.28. The molecule has 1 nitrogen and oxygen atoms in total. The van der Waals surface area contributed by atoms with Crippen molar-refractivity contribution < 1.29 is 8.78 Å². The molecule has 0 fully saturated rings. The Hall–Kier alpha value is -1.63. The van der Waals surface area contributed by atoms with E-state index in [4.69, 9.17) is 28.5 Å². The number of rotatable bonds is 1. The first kappa shape index (κ1) is 12.8. The van der Waals surface area contributed by atoms with Crippen LogP contribution in [0.25, 0.3) is 11.1 Å². The number of hydrogen-bond acceptors (Lipinski definition) is 1. The summed E-state index contributed by atoms with van der Waals surface area (Å²) in [5.41, 5.74) is -0.284. The maximum absolute atomic E-state index is 13.8. The minimum absolute atomic E-state index is 0.0986. The second-order valence-electron chi connectivity index (χ2n) is 3.47. The van der Waals surface area contributed by atoms with Crippen LogP contribution in [0.1, 0.15) is 5.56 Å². The topological polar surface area (TPSA) is 23.8 Å². The van der Waals surface area contributed by atoms with E-state index in [1.165, 1.54) is 12.1 Å². The molecule has 0 N–H and O–H groups in total. The first-order valence-corrected chi connectivity index (χ1v) is 5.54. The predicted molar refractivity (Wildman–Crippen MR) is 65.4 cm³/mol. The van der Waals surface area contributed by atoms with Gasteiger partial charge in [-0.1, -0.05) is 23.2 Å². The van der Waals surface area contributed by atoms with Gasteiger partial charge in [0.2, 0.25) is 0 Å². The molecule has 0 aromatic heterocycles. The van der Waals surface area contributed by atoms with E-state index in [-0.39, 0.29) is 26.7 Å². The van der Waals surface area contributed by atoms with Gasteiger partial charge in [0.15, 0.2) is 0 Å². The highest BCUT2D eigenvalue weighted by Crippen LogP contribution is 2.34. The Bertz CT molecular complexity index is 640. The largest absolute Gasteiger partial charge is 0.206 e. The molecule has 2 aromatic carbocycles. The lowest BCUT2D eigenvalue weighted by Crippen LogP contribution is -1.93. The van der Waals surface area contributed by atoms with Crippen molar-refractivity contribution in [3.63, 3.8) is 0 Å². The lowest BCUT2D eigenvalue weighted by molar-refractivity contribution is 0.589. The first-order valence-electron chi connectivity index (χ1n) is 4.79. The predicted octanol–water partition coefficient (Wildman–Crippen LogP) is 4.61. The van der Waals surface area contributed by atoms with Crippen molar-refractivity contribution in [2.45, 2.75) is 0 Å². The molecule has 0 aliphatic rings. The molecule has 0 saturated carbocycles. The Morgan fingerprint density at radius 2 is 1.72 bits per heavy atom. The number of nitrogens with zero attached hydrogens (tertiary/aromatic N) is 1. The number of halogens is 4. The molecule has 0 amide bonds. The van der Waals surface area contributed by atoms with E-state index in [1.807, 2.05) is 0 Å². The molecule has 18 heavy (non-hydrogen) atoms. The Balaban J connectivity index is 2.72. The van der Waals surface area contributed by atoms with Crippen LogP contribution in [0.3, 0.4) is 0 Å². The molecule has 0 atom stereocenters. The highest BCUT2D eigenvalue weighted by molar-refractivity contribution is 6.35. The molecular weight excluding hydrogens is 279 g/mol. The third-order valence-electron chi connectivity index (χ3n) is 2.31. The van der Waals surface area contributed by atoms with Gasteiger partial charge in [-0.15, -0.1) is 0 Å². The van der Waals surface area contributed by atoms with Crippen molar-refractivity contribution >= 4 is 23.2 Å². The highest BCUT2D eigenvalue weighted by atomic mass is 35.5. The summed E-state index contributed by atoms with van der Waals surface area (Å²) in [5, 5.41) is 8.93. The summed E-state index contributed by atoms with van der Waals surface area (Å²) in [5.74, 6) is -1.73. The van der Waals surface area contributed by atoms with E-state index in [2.05, 4.69) is 6.07 Å². The summed E-state index contributed by atoms with van der Waals surface area (Å²) < 4.78 is 27.6. The fraction of sp³-hybridized carbons (Fsp3) is 0. The third-order valence-corrected chi connectivity index (χ3v) is 2.84. The molecule has 0 unspecified atom stereocenters. The zero-order valence-corrected chi connectivity index (χ0v) is 10.3. The van der Waals surface area contributed by atoms with E-state index >= 15 is 0 Å². The smallest absolute Gasteiger partial charge is 0.135 e. The van der Waals surface area contributed by atoms with Gasteiger partial charge in [-0.25, -0.2) is 8.78 Å². The van der Waals surface area contributed by atoms with E-state index in [1.54, 1.807) is 6.07 Å². The van der Waals surface area contributed by atoms with Crippen LogP contribution in [0.4, 0.5) is 8.78 Å². The average Bonchev–Trinajstić information content (AvgIpc) is 2.32. The highest BCUT2D eigenvalue weighted by Gasteiger charge is 2.16. The fourth-order valence-electron chi connectivity index (χ4n) is 1.53. The maximum atomic E-state index is 13.8. The average molecular weight is 283 g/mol. The van der Waals surface area contributed by atoms with Crippen molar-refractivity contribution in [2.75, 3.05) is 0 Å². The molecule has 1 radical (unpaired) electrons. The van der Waals surface area contributed by atoms with Crippen LogP contribution in [0.15, 0.2) is 24.3 Å². The first-order chi connectivity index (χ1) is 8.52. The molecule has 0 aliphatic carbocycles. The molecule has 5 heteroatoms. The third kappa shape index (κ3) is 2.31. The van der Waals surface area contributed by atoms with Gasteiger partial charge in [-0.05, 0) is 24.3 Å². The molecule has 0 saturated heterocycles. The van der Waals surface area contributed by atoms with Gasteiger partial charge in [0.25, 0.3) is 0 Å². The van der Waals surface area contributed by atoms with E-state index in [0.717, 1.165) is 12.1 Å². The molecule has 0 spiro atoms. The van der Waals surface area contributed by atoms with Crippen LogP contribution in [-0.4, -0.2) is 0 Å². The van der Waals surface area contributed by atoms with Crippen LogP contribution in [0.2, 0.25) is 10.0 Å². The molecule has 0 aliphatic heterocycles. The van der Waals surface area contributed by atoms with Gasteiger partial charge >= 0.3 is 0 Å². The molecule has 0 heterocycles. The van der Waals surface area contributed by atoms with Gasteiger partial charge in [0, 0.05) is 21.7 Å². The minimum Gasteiger partial charge on any atom is -0.206 e. The van der Waals surface area contributed by atoms with Gasteiger partial charge in [-0.2, -0.15) is 5.26 Å². The van der Waals surface area contributed by atoms with E-state index < -0.39 is 11.6 Å². The van der Waals surface area contributed by atoms with Gasteiger partial charge in [-0.3, -0.25) is 0 Å². The maximum Gasteiger partial charge on any atom is 0.135 e. The summed E-state index contributed by atoms with van der Waals surface area (Å²) in [6, 6.07) is 8.81. The summed E-state index contributed by atoms with van der Waals surface area (Å²) in [6.45, 7) is 0. The van der Waals surface area contributed by atoms with Gasteiger partial charge in [0.05, 0.1) is 17.2 Å². The molecule has 2 rings (SSSR count). The van der Waals surface area contributed by atoms with Crippen molar-refractivity contribution in [1.29, 1.82) is 5.26 Å². The van der Waals surface area contributed by atoms with Crippen LogP contribution < -0.4 is 0 Å². The lowest BCUT2D eigenvalue weighted by atomic mass is 10.0. The summed E-state index contributed by atoms with van der Waals surface area (Å²) in [4.78, 5) is 0. The molecular formula is C13H4Cl2F2N.